The van der Waals surface area contributed by atoms with E-state index < -0.39 is 10.0 Å². The molecule has 0 aromatic heterocycles. The average molecular weight is 404 g/mol. The summed E-state index contributed by atoms with van der Waals surface area (Å²) in [5, 5.41) is 0. The predicted molar refractivity (Wildman–Crippen MR) is 107 cm³/mol. The molecule has 150 valence electrons. The number of hydrogen-bond acceptors (Lipinski definition) is 5. The quantitative estimate of drug-likeness (QED) is 0.730. The average Bonchev–Trinajstić information content (AvgIpc) is 3.22. The van der Waals surface area contributed by atoms with Gasteiger partial charge in [-0.15, -0.1) is 0 Å². The Morgan fingerprint density at radius 3 is 2.36 bits per heavy atom. The first kappa shape index (κ1) is 18.9. The molecule has 6 nitrogen and oxygen atoms in total. The minimum Gasteiger partial charge on any atom is -0.490 e. The lowest BCUT2D eigenvalue weighted by atomic mass is 10.2. The topological polar surface area (TPSA) is 65.1 Å². The third-order valence-electron chi connectivity index (χ3n) is 5.12. The van der Waals surface area contributed by atoms with Crippen molar-refractivity contribution in [3.63, 3.8) is 0 Å². The largest absolute Gasteiger partial charge is 0.490 e. The smallest absolute Gasteiger partial charge is 0.264 e. The summed E-state index contributed by atoms with van der Waals surface area (Å²) >= 11 is 0. The summed E-state index contributed by atoms with van der Waals surface area (Å²) in [5.74, 6) is 1.81. The number of rotatable bonds is 6. The van der Waals surface area contributed by atoms with Gasteiger partial charge in [0.2, 0.25) is 0 Å². The Balaban J connectivity index is 1.56. The molecule has 0 atom stereocenters. The standard InChI is InChI=1S/C21H25NO5S/c1-2-22(16-7-9-18(10-8-16)27-17-5-3-4-6-17)28(23,24)19-11-12-20-21(15-19)26-14-13-25-20/h7-12,15,17H,2-6,13-14H2,1H3. The Morgan fingerprint density at radius 1 is 1.00 bits per heavy atom. The summed E-state index contributed by atoms with van der Waals surface area (Å²) in [7, 11) is -3.72. The molecule has 2 aromatic rings. The van der Waals surface area contributed by atoms with Crippen molar-refractivity contribution in [1.29, 1.82) is 0 Å². The van der Waals surface area contributed by atoms with E-state index in [1.807, 2.05) is 19.1 Å². The van der Waals surface area contributed by atoms with Crippen LogP contribution in [0.25, 0.3) is 0 Å². The van der Waals surface area contributed by atoms with Gasteiger partial charge in [-0.25, -0.2) is 8.42 Å². The first-order valence-corrected chi connectivity index (χ1v) is 11.2. The highest BCUT2D eigenvalue weighted by atomic mass is 32.2. The van der Waals surface area contributed by atoms with Crippen LogP contribution in [0.15, 0.2) is 47.4 Å². The molecule has 1 aliphatic heterocycles. The molecule has 0 N–H and O–H groups in total. The van der Waals surface area contributed by atoms with E-state index in [1.165, 1.54) is 23.2 Å². The van der Waals surface area contributed by atoms with Crippen molar-refractivity contribution in [2.75, 3.05) is 24.1 Å². The van der Waals surface area contributed by atoms with Gasteiger partial charge in [-0.3, -0.25) is 4.31 Å². The number of sulfonamides is 1. The van der Waals surface area contributed by atoms with Gasteiger partial charge in [-0.05, 0) is 69.0 Å². The number of hydrogen-bond donors (Lipinski definition) is 0. The molecule has 0 spiro atoms. The van der Waals surface area contributed by atoms with Crippen LogP contribution in [0.5, 0.6) is 17.2 Å². The molecule has 2 aromatic carbocycles. The molecule has 1 heterocycles. The van der Waals surface area contributed by atoms with Crippen molar-refractivity contribution in [2.45, 2.75) is 43.6 Å². The molecule has 28 heavy (non-hydrogen) atoms. The first-order valence-electron chi connectivity index (χ1n) is 9.77. The number of nitrogens with zero attached hydrogens (tertiary/aromatic N) is 1. The third kappa shape index (κ3) is 3.76. The maximum Gasteiger partial charge on any atom is 0.264 e. The van der Waals surface area contributed by atoms with Crippen LogP contribution in [-0.4, -0.2) is 34.3 Å². The Kier molecular flexibility index (Phi) is 5.35. The predicted octanol–water partition coefficient (Wildman–Crippen LogP) is 3.99. The number of anilines is 1. The van der Waals surface area contributed by atoms with E-state index in [0.717, 1.165) is 18.6 Å². The fourth-order valence-electron chi connectivity index (χ4n) is 3.69. The third-order valence-corrected chi connectivity index (χ3v) is 7.02. The second-order valence-electron chi connectivity index (χ2n) is 6.99. The molecular formula is C21H25NO5S. The lowest BCUT2D eigenvalue weighted by Gasteiger charge is -2.25. The van der Waals surface area contributed by atoms with E-state index in [4.69, 9.17) is 14.2 Å². The Morgan fingerprint density at radius 2 is 1.68 bits per heavy atom. The molecule has 1 fully saturated rings. The van der Waals surface area contributed by atoms with Gasteiger partial charge in [0.05, 0.1) is 16.7 Å². The van der Waals surface area contributed by atoms with Gasteiger partial charge in [0.15, 0.2) is 11.5 Å². The highest BCUT2D eigenvalue weighted by Crippen LogP contribution is 2.34. The van der Waals surface area contributed by atoms with Crippen molar-refractivity contribution in [3.05, 3.63) is 42.5 Å². The second-order valence-corrected chi connectivity index (χ2v) is 8.86. The van der Waals surface area contributed by atoms with Crippen molar-refractivity contribution in [1.82, 2.24) is 0 Å². The van der Waals surface area contributed by atoms with Crippen LogP contribution in [0.2, 0.25) is 0 Å². The molecule has 0 unspecified atom stereocenters. The van der Waals surface area contributed by atoms with Gasteiger partial charge in [0.1, 0.15) is 19.0 Å². The van der Waals surface area contributed by atoms with E-state index in [9.17, 15) is 8.42 Å². The zero-order chi connectivity index (χ0) is 19.6. The van der Waals surface area contributed by atoms with Crippen LogP contribution in [-0.2, 0) is 10.0 Å². The van der Waals surface area contributed by atoms with Crippen LogP contribution in [0.3, 0.4) is 0 Å². The Hall–Kier alpha value is -2.41. The van der Waals surface area contributed by atoms with E-state index in [0.29, 0.717) is 36.9 Å². The summed E-state index contributed by atoms with van der Waals surface area (Å²) in [6, 6.07) is 12.0. The molecule has 2 aliphatic rings. The van der Waals surface area contributed by atoms with Crippen LogP contribution in [0.4, 0.5) is 5.69 Å². The summed E-state index contributed by atoms with van der Waals surface area (Å²) in [6.45, 7) is 3.02. The van der Waals surface area contributed by atoms with Gasteiger partial charge < -0.3 is 14.2 Å². The highest BCUT2D eigenvalue weighted by Gasteiger charge is 2.26. The van der Waals surface area contributed by atoms with Crippen LogP contribution in [0.1, 0.15) is 32.6 Å². The van der Waals surface area contributed by atoms with Crippen molar-refractivity contribution in [3.8, 4) is 17.2 Å². The normalized spacial score (nSPS) is 16.8. The number of benzene rings is 2. The zero-order valence-electron chi connectivity index (χ0n) is 16.0. The molecule has 1 saturated carbocycles. The van der Waals surface area contributed by atoms with E-state index in [2.05, 4.69) is 0 Å². The molecule has 4 rings (SSSR count). The van der Waals surface area contributed by atoms with Crippen molar-refractivity contribution >= 4 is 15.7 Å². The Bertz CT molecular complexity index is 920. The molecule has 1 aliphatic carbocycles. The van der Waals surface area contributed by atoms with Crippen LogP contribution >= 0.6 is 0 Å². The fourth-order valence-corrected chi connectivity index (χ4v) is 5.18. The van der Waals surface area contributed by atoms with Crippen molar-refractivity contribution in [2.24, 2.45) is 0 Å². The van der Waals surface area contributed by atoms with Gasteiger partial charge in [-0.2, -0.15) is 0 Å². The van der Waals surface area contributed by atoms with Crippen LogP contribution < -0.4 is 18.5 Å². The Labute approximate surface area is 166 Å². The minimum absolute atomic E-state index is 0.185. The summed E-state index contributed by atoms with van der Waals surface area (Å²) < 4.78 is 44.8. The molecule has 0 bridgehead atoms. The maximum absolute atomic E-state index is 13.2. The second kappa shape index (κ2) is 7.91. The SMILES string of the molecule is CCN(c1ccc(OC2CCCC2)cc1)S(=O)(=O)c1ccc2c(c1)OCCO2. The monoisotopic (exact) mass is 403 g/mol. The minimum atomic E-state index is -3.72. The highest BCUT2D eigenvalue weighted by molar-refractivity contribution is 7.92. The van der Waals surface area contributed by atoms with Gasteiger partial charge >= 0.3 is 0 Å². The fraction of sp³-hybridized carbons (Fsp3) is 0.429. The van der Waals surface area contributed by atoms with E-state index in [1.54, 1.807) is 24.3 Å². The van der Waals surface area contributed by atoms with Gasteiger partial charge in [-0.1, -0.05) is 0 Å². The molecule has 0 radical (unpaired) electrons. The molecule has 7 heteroatoms. The van der Waals surface area contributed by atoms with E-state index in [-0.39, 0.29) is 11.0 Å². The lowest BCUT2D eigenvalue weighted by Crippen LogP contribution is -2.31. The van der Waals surface area contributed by atoms with Gasteiger partial charge in [0.25, 0.3) is 10.0 Å². The summed E-state index contributed by atoms with van der Waals surface area (Å²) in [6.07, 6.45) is 4.86. The number of ether oxygens (including phenoxy) is 3. The summed E-state index contributed by atoms with van der Waals surface area (Å²) in [4.78, 5) is 0.185. The molecule has 0 amide bonds. The molecular weight excluding hydrogens is 378 g/mol. The zero-order valence-corrected chi connectivity index (χ0v) is 16.8. The summed E-state index contributed by atoms with van der Waals surface area (Å²) in [5.41, 5.74) is 0.608. The molecule has 0 saturated heterocycles. The van der Waals surface area contributed by atoms with Crippen LogP contribution in [0, 0.1) is 0 Å². The van der Waals surface area contributed by atoms with Crippen molar-refractivity contribution < 1.29 is 22.6 Å². The maximum atomic E-state index is 13.2. The number of fused-ring (bicyclic) bond motifs is 1. The first-order chi connectivity index (χ1) is 13.6. The van der Waals surface area contributed by atoms with E-state index >= 15 is 0 Å². The lowest BCUT2D eigenvalue weighted by molar-refractivity contribution is 0.171. The van der Waals surface area contributed by atoms with Gasteiger partial charge in [0, 0.05) is 12.6 Å².